The zero-order valence-corrected chi connectivity index (χ0v) is 8.84. The summed E-state index contributed by atoms with van der Waals surface area (Å²) in [5, 5.41) is 8.47. The summed E-state index contributed by atoms with van der Waals surface area (Å²) < 4.78 is 42.7. The predicted octanol–water partition coefficient (Wildman–Crippen LogP) is 2.59. The first kappa shape index (κ1) is 13.0. The third-order valence-corrected chi connectivity index (χ3v) is 2.11. The molecule has 0 aliphatic heterocycles. The zero-order valence-electron chi connectivity index (χ0n) is 8.84. The Bertz CT molecular complexity index is 475. The normalized spacial score (nSPS) is 10.8. The molecule has 0 unspecified atom stereocenters. The van der Waals surface area contributed by atoms with Crippen LogP contribution in [-0.4, -0.2) is 13.4 Å². The maximum Gasteiger partial charge on any atom is 0.420 e. The van der Waals surface area contributed by atoms with E-state index < -0.39 is 23.1 Å². The van der Waals surface area contributed by atoms with Crippen LogP contribution in [0.15, 0.2) is 12.1 Å². The van der Waals surface area contributed by atoms with Gasteiger partial charge in [-0.3, -0.25) is 4.79 Å². The number of rotatable bonds is 3. The molecule has 0 bridgehead atoms. The molecule has 6 heteroatoms. The van der Waals surface area contributed by atoms with Gasteiger partial charge in [-0.25, -0.2) is 0 Å². The molecule has 0 aromatic heterocycles. The summed E-state index contributed by atoms with van der Waals surface area (Å²) in [6.07, 6.45) is -4.66. The molecule has 0 heterocycles. The van der Waals surface area contributed by atoms with E-state index in [9.17, 15) is 18.0 Å². The van der Waals surface area contributed by atoms with Crippen LogP contribution in [0, 0.1) is 11.3 Å². The van der Waals surface area contributed by atoms with Gasteiger partial charge in [-0.1, -0.05) is 0 Å². The monoisotopic (exact) mass is 243 g/mol. The fraction of sp³-hybridized carbons (Fsp3) is 0.273. The molecule has 1 rings (SSSR count). The standard InChI is InChI=1S/C11H8F3NO2/c1-17-9-5-7(2-3-15)4-8(6-16)10(9)11(12,13)14/h4-6H,2H2,1H3. The van der Waals surface area contributed by atoms with Gasteiger partial charge in [-0.15, -0.1) is 0 Å². The number of hydrogen-bond acceptors (Lipinski definition) is 3. The molecule has 0 saturated heterocycles. The second-order valence-corrected chi connectivity index (χ2v) is 3.21. The molecule has 1 aromatic rings. The van der Waals surface area contributed by atoms with Gasteiger partial charge in [0.15, 0.2) is 6.29 Å². The van der Waals surface area contributed by atoms with Crippen LogP contribution >= 0.6 is 0 Å². The lowest BCUT2D eigenvalue weighted by Gasteiger charge is -2.15. The number of methoxy groups -OCH3 is 1. The number of benzene rings is 1. The number of aldehydes is 1. The van der Waals surface area contributed by atoms with Gasteiger partial charge in [0.1, 0.15) is 11.3 Å². The molecule has 0 aliphatic rings. The minimum absolute atomic E-state index is 0.0880. The van der Waals surface area contributed by atoms with Gasteiger partial charge in [0.2, 0.25) is 0 Å². The van der Waals surface area contributed by atoms with Crippen LogP contribution in [0.1, 0.15) is 21.5 Å². The topological polar surface area (TPSA) is 50.1 Å². The Hall–Kier alpha value is -2.03. The van der Waals surface area contributed by atoms with E-state index >= 15 is 0 Å². The second-order valence-electron chi connectivity index (χ2n) is 3.21. The van der Waals surface area contributed by atoms with Gasteiger partial charge >= 0.3 is 6.18 Å². The maximum atomic E-state index is 12.7. The van der Waals surface area contributed by atoms with Crippen molar-refractivity contribution in [2.24, 2.45) is 0 Å². The molecule has 0 saturated carbocycles. The van der Waals surface area contributed by atoms with E-state index in [0.29, 0.717) is 5.56 Å². The van der Waals surface area contributed by atoms with Crippen LogP contribution < -0.4 is 4.74 Å². The molecule has 17 heavy (non-hydrogen) atoms. The van der Waals surface area contributed by atoms with Crippen molar-refractivity contribution in [2.45, 2.75) is 12.6 Å². The van der Waals surface area contributed by atoms with Crippen LogP contribution in [0.25, 0.3) is 0 Å². The quantitative estimate of drug-likeness (QED) is 0.766. The average Bonchev–Trinajstić information content (AvgIpc) is 2.26. The fourth-order valence-electron chi connectivity index (χ4n) is 1.45. The van der Waals surface area contributed by atoms with Crippen LogP contribution in [0.5, 0.6) is 5.75 Å². The molecule has 0 aliphatic carbocycles. The Morgan fingerprint density at radius 1 is 1.47 bits per heavy atom. The summed E-state index contributed by atoms with van der Waals surface area (Å²) in [4.78, 5) is 10.7. The van der Waals surface area contributed by atoms with Crippen molar-refractivity contribution in [1.82, 2.24) is 0 Å². The van der Waals surface area contributed by atoms with Gasteiger partial charge in [0.25, 0.3) is 0 Å². The number of alkyl halides is 3. The first-order valence-corrected chi connectivity index (χ1v) is 4.54. The highest BCUT2D eigenvalue weighted by Crippen LogP contribution is 2.39. The zero-order chi connectivity index (χ0) is 13.1. The molecular weight excluding hydrogens is 235 g/mol. The smallest absolute Gasteiger partial charge is 0.420 e. The maximum absolute atomic E-state index is 12.7. The Balaban J connectivity index is 3.48. The Kier molecular flexibility index (Phi) is 3.73. The predicted molar refractivity (Wildman–Crippen MR) is 52.7 cm³/mol. The largest absolute Gasteiger partial charge is 0.496 e. The van der Waals surface area contributed by atoms with Crippen molar-refractivity contribution < 1.29 is 22.7 Å². The number of nitrogens with zero attached hydrogens (tertiary/aromatic N) is 1. The van der Waals surface area contributed by atoms with E-state index in [0.717, 1.165) is 19.2 Å². The van der Waals surface area contributed by atoms with Crippen molar-refractivity contribution in [1.29, 1.82) is 5.26 Å². The summed E-state index contributed by atoms with van der Waals surface area (Å²) in [5.41, 5.74) is -1.33. The first-order chi connectivity index (χ1) is 7.93. The molecule has 1 aromatic carbocycles. The number of ether oxygens (including phenoxy) is 1. The van der Waals surface area contributed by atoms with E-state index in [1.165, 1.54) is 0 Å². The number of halogens is 3. The van der Waals surface area contributed by atoms with E-state index in [4.69, 9.17) is 5.26 Å². The number of carbonyl (C=O) groups is 1. The summed E-state index contributed by atoms with van der Waals surface area (Å²) in [6, 6.07) is 3.95. The van der Waals surface area contributed by atoms with Gasteiger partial charge in [0, 0.05) is 5.56 Å². The van der Waals surface area contributed by atoms with Crippen molar-refractivity contribution in [3.63, 3.8) is 0 Å². The highest BCUT2D eigenvalue weighted by atomic mass is 19.4. The lowest BCUT2D eigenvalue weighted by atomic mass is 10.0. The molecule has 90 valence electrons. The van der Waals surface area contributed by atoms with Gasteiger partial charge in [-0.05, 0) is 17.7 Å². The van der Waals surface area contributed by atoms with Crippen molar-refractivity contribution in [2.75, 3.05) is 7.11 Å². The van der Waals surface area contributed by atoms with E-state index in [1.54, 1.807) is 6.07 Å². The molecule has 0 radical (unpaired) electrons. The molecular formula is C11H8F3NO2. The number of carbonyl (C=O) groups excluding carboxylic acids is 1. The van der Waals surface area contributed by atoms with Gasteiger partial charge < -0.3 is 4.74 Å². The molecule has 3 nitrogen and oxygen atoms in total. The average molecular weight is 243 g/mol. The lowest BCUT2D eigenvalue weighted by Crippen LogP contribution is -2.12. The molecule has 0 atom stereocenters. The summed E-state index contributed by atoms with van der Waals surface area (Å²) in [5.74, 6) is -0.452. The van der Waals surface area contributed by atoms with Crippen molar-refractivity contribution >= 4 is 6.29 Å². The summed E-state index contributed by atoms with van der Waals surface area (Å²) in [6.45, 7) is 0. The summed E-state index contributed by atoms with van der Waals surface area (Å²) in [7, 11) is 1.08. The first-order valence-electron chi connectivity index (χ1n) is 4.54. The molecule has 0 N–H and O–H groups in total. The highest BCUT2D eigenvalue weighted by molar-refractivity contribution is 5.79. The fourth-order valence-corrected chi connectivity index (χ4v) is 1.45. The van der Waals surface area contributed by atoms with E-state index in [2.05, 4.69) is 4.74 Å². The van der Waals surface area contributed by atoms with Crippen LogP contribution in [0.3, 0.4) is 0 Å². The van der Waals surface area contributed by atoms with Crippen molar-refractivity contribution in [3.8, 4) is 11.8 Å². The van der Waals surface area contributed by atoms with Crippen LogP contribution in [-0.2, 0) is 12.6 Å². The third-order valence-electron chi connectivity index (χ3n) is 2.11. The molecule has 0 fully saturated rings. The molecule has 0 spiro atoms. The summed E-state index contributed by atoms with van der Waals surface area (Å²) >= 11 is 0. The lowest BCUT2D eigenvalue weighted by molar-refractivity contribution is -0.139. The Labute approximate surface area is 95.4 Å². The van der Waals surface area contributed by atoms with E-state index in [-0.39, 0.29) is 12.7 Å². The minimum atomic E-state index is -4.67. The van der Waals surface area contributed by atoms with Gasteiger partial charge in [0.05, 0.1) is 19.6 Å². The molecule has 0 amide bonds. The Morgan fingerprint density at radius 2 is 2.12 bits per heavy atom. The number of hydrogen-bond donors (Lipinski definition) is 0. The van der Waals surface area contributed by atoms with Crippen LogP contribution in [0.2, 0.25) is 0 Å². The van der Waals surface area contributed by atoms with Crippen LogP contribution in [0.4, 0.5) is 13.2 Å². The minimum Gasteiger partial charge on any atom is -0.496 e. The SMILES string of the molecule is COc1cc(CC#N)cc(C=O)c1C(F)(F)F. The second kappa shape index (κ2) is 4.87. The number of nitriles is 1. The van der Waals surface area contributed by atoms with Crippen molar-refractivity contribution in [3.05, 3.63) is 28.8 Å². The Morgan fingerprint density at radius 3 is 2.53 bits per heavy atom. The van der Waals surface area contributed by atoms with E-state index in [1.807, 2.05) is 0 Å². The highest BCUT2D eigenvalue weighted by Gasteiger charge is 2.37. The third kappa shape index (κ3) is 2.75. The van der Waals surface area contributed by atoms with Gasteiger partial charge in [-0.2, -0.15) is 18.4 Å².